The number of alkyl halides is 9. The van der Waals surface area contributed by atoms with E-state index < -0.39 is 41.1 Å². The molecule has 22 heavy (non-hydrogen) atoms. The van der Waals surface area contributed by atoms with Gasteiger partial charge in [-0.05, 0) is 29.7 Å². The summed E-state index contributed by atoms with van der Waals surface area (Å²) in [6.07, 6.45) is -14.5. The summed E-state index contributed by atoms with van der Waals surface area (Å²) in [7, 11) is 0. The molecular weight excluding hydrogens is 327 g/mol. The van der Waals surface area contributed by atoms with E-state index in [0.717, 1.165) is 6.92 Å². The Morgan fingerprint density at radius 3 is 1.50 bits per heavy atom. The van der Waals surface area contributed by atoms with Gasteiger partial charge in [-0.3, -0.25) is 0 Å². The second-order valence-electron chi connectivity index (χ2n) is 4.53. The molecule has 0 fully saturated rings. The number of benzene rings is 1. The fourth-order valence-corrected chi connectivity index (χ4v) is 1.61. The Kier molecular flexibility index (Phi) is 4.88. The van der Waals surface area contributed by atoms with Crippen LogP contribution < -0.4 is 0 Å². The Morgan fingerprint density at radius 2 is 1.18 bits per heavy atom. The van der Waals surface area contributed by atoms with Crippen LogP contribution >= 0.6 is 0 Å². The van der Waals surface area contributed by atoms with Crippen molar-refractivity contribution >= 4 is 0 Å². The van der Waals surface area contributed by atoms with E-state index in [-0.39, 0.29) is 12.1 Å². The quantitative estimate of drug-likeness (QED) is 0.463. The molecule has 0 aliphatic heterocycles. The third kappa shape index (κ3) is 5.27. The molecular formula is C13H9F9. The van der Waals surface area contributed by atoms with Crippen molar-refractivity contribution in [2.24, 2.45) is 0 Å². The van der Waals surface area contributed by atoms with E-state index in [4.69, 9.17) is 0 Å². The molecule has 1 rings (SSSR count). The molecule has 1 unspecified atom stereocenters. The van der Waals surface area contributed by atoms with E-state index in [1.165, 1.54) is 0 Å². The molecule has 0 saturated carbocycles. The van der Waals surface area contributed by atoms with Gasteiger partial charge in [0.05, 0.1) is 11.1 Å². The molecule has 0 amide bonds. The van der Waals surface area contributed by atoms with Crippen LogP contribution in [0.1, 0.15) is 29.5 Å². The number of hydrogen-bond acceptors (Lipinski definition) is 0. The number of halogens is 9. The Hall–Kier alpha value is -1.67. The number of allylic oxidation sites excluding steroid dienone is 2. The lowest BCUT2D eigenvalue weighted by Gasteiger charge is -2.16. The summed E-state index contributed by atoms with van der Waals surface area (Å²) in [5, 5.41) is 0. The Morgan fingerprint density at radius 1 is 0.773 bits per heavy atom. The topological polar surface area (TPSA) is 0 Å². The van der Waals surface area contributed by atoms with Crippen LogP contribution in [0.15, 0.2) is 30.4 Å². The first-order chi connectivity index (χ1) is 9.70. The fourth-order valence-electron chi connectivity index (χ4n) is 1.61. The molecule has 1 aromatic carbocycles. The lowest BCUT2D eigenvalue weighted by molar-refractivity contribution is -0.143. The smallest absolute Gasteiger partial charge is 0.167 e. The second kappa shape index (κ2) is 5.85. The fraction of sp³-hybridized carbons (Fsp3) is 0.385. The van der Waals surface area contributed by atoms with Crippen LogP contribution in [0.4, 0.5) is 39.5 Å². The van der Waals surface area contributed by atoms with Crippen molar-refractivity contribution in [1.82, 2.24) is 0 Å². The first-order valence-corrected chi connectivity index (χ1v) is 5.75. The molecule has 0 heterocycles. The summed E-state index contributed by atoms with van der Waals surface area (Å²) in [4.78, 5) is 0. The van der Waals surface area contributed by atoms with E-state index in [9.17, 15) is 39.5 Å². The van der Waals surface area contributed by atoms with Crippen molar-refractivity contribution in [2.75, 3.05) is 0 Å². The lowest BCUT2D eigenvalue weighted by Crippen LogP contribution is -2.12. The van der Waals surface area contributed by atoms with Gasteiger partial charge in [-0.2, -0.15) is 39.5 Å². The van der Waals surface area contributed by atoms with Gasteiger partial charge in [-0.25, -0.2) is 0 Å². The van der Waals surface area contributed by atoms with Crippen LogP contribution in [-0.2, 0) is 12.4 Å². The maximum absolute atomic E-state index is 12.6. The van der Waals surface area contributed by atoms with Crippen LogP contribution in [0, 0.1) is 0 Å². The highest BCUT2D eigenvalue weighted by Gasteiger charge is 2.37. The zero-order chi connectivity index (χ0) is 17.3. The second-order valence-corrected chi connectivity index (χ2v) is 4.53. The molecule has 0 nitrogen and oxygen atoms in total. The summed E-state index contributed by atoms with van der Waals surface area (Å²) in [6.45, 7) is 1.07. The molecule has 0 aliphatic carbocycles. The van der Waals surface area contributed by atoms with Crippen molar-refractivity contribution in [3.8, 4) is 0 Å². The van der Waals surface area contributed by atoms with Gasteiger partial charge in [-0.15, -0.1) is 0 Å². The molecule has 1 atom stereocenters. The van der Waals surface area contributed by atoms with Crippen molar-refractivity contribution in [1.29, 1.82) is 0 Å². The molecule has 0 N–H and O–H groups in total. The summed E-state index contributed by atoms with van der Waals surface area (Å²) >= 11 is 0. The predicted octanol–water partition coefficient (Wildman–Crippen LogP) is 5.95. The van der Waals surface area contributed by atoms with Crippen molar-refractivity contribution in [3.63, 3.8) is 0 Å². The van der Waals surface area contributed by atoms with Gasteiger partial charge < -0.3 is 0 Å². The van der Waals surface area contributed by atoms with E-state index in [1.807, 2.05) is 0 Å². The third-order valence-corrected chi connectivity index (χ3v) is 2.71. The first-order valence-electron chi connectivity index (χ1n) is 5.75. The van der Waals surface area contributed by atoms with E-state index in [2.05, 4.69) is 0 Å². The highest BCUT2D eigenvalue weighted by Crippen LogP contribution is 2.38. The van der Waals surface area contributed by atoms with Crippen LogP contribution in [0.5, 0.6) is 0 Å². The first kappa shape index (κ1) is 18.4. The normalized spacial score (nSPS) is 15.4. The average Bonchev–Trinajstić information content (AvgIpc) is 2.32. The summed E-state index contributed by atoms with van der Waals surface area (Å²) < 4.78 is 112. The maximum Gasteiger partial charge on any atom is 0.416 e. The summed E-state index contributed by atoms with van der Waals surface area (Å²) in [6, 6.07) is 0.727. The maximum atomic E-state index is 12.6. The molecule has 1 aromatic rings. The molecule has 124 valence electrons. The molecule has 0 radical (unpaired) electrons. The highest BCUT2D eigenvalue weighted by molar-refractivity contribution is 5.36. The van der Waals surface area contributed by atoms with Gasteiger partial charge in [0.15, 0.2) is 0 Å². The zero-order valence-corrected chi connectivity index (χ0v) is 10.9. The van der Waals surface area contributed by atoms with Crippen molar-refractivity contribution in [3.05, 3.63) is 47.0 Å². The number of rotatable bonds is 2. The Balaban J connectivity index is 3.33. The molecule has 9 heteroatoms. The number of hydrogen-bond donors (Lipinski definition) is 0. The van der Waals surface area contributed by atoms with Crippen molar-refractivity contribution < 1.29 is 39.5 Å². The SMILES string of the molecule is CC(C=CC(F)(F)F)c1cc(C(F)(F)F)cc(C(F)(F)F)c1. The minimum atomic E-state index is -5.04. The van der Waals surface area contributed by atoms with Crippen molar-refractivity contribution in [2.45, 2.75) is 31.4 Å². The minimum absolute atomic E-state index is 0.0797. The molecule has 0 saturated heterocycles. The van der Waals surface area contributed by atoms with Gasteiger partial charge in [0.1, 0.15) is 0 Å². The molecule has 0 aliphatic rings. The average molecular weight is 336 g/mol. The van der Waals surface area contributed by atoms with Gasteiger partial charge >= 0.3 is 18.5 Å². The monoisotopic (exact) mass is 336 g/mol. The van der Waals surface area contributed by atoms with Gasteiger partial charge in [-0.1, -0.05) is 13.0 Å². The standard InChI is InChI=1S/C13H9F9/c1-7(2-3-11(14,15)16)8-4-9(12(17,18)19)6-10(5-8)13(20,21)22/h2-7H,1H3. The van der Waals surface area contributed by atoms with E-state index >= 15 is 0 Å². The van der Waals surface area contributed by atoms with Crippen LogP contribution in [-0.4, -0.2) is 6.18 Å². The zero-order valence-electron chi connectivity index (χ0n) is 10.9. The minimum Gasteiger partial charge on any atom is -0.167 e. The van der Waals surface area contributed by atoms with E-state index in [1.54, 1.807) is 0 Å². The van der Waals surface area contributed by atoms with Crippen LogP contribution in [0.2, 0.25) is 0 Å². The van der Waals surface area contributed by atoms with Gasteiger partial charge in [0, 0.05) is 6.08 Å². The Labute approximate surface area is 119 Å². The molecule has 0 spiro atoms. The lowest BCUT2D eigenvalue weighted by atomic mass is 9.95. The Bertz CT molecular complexity index is 514. The summed E-state index contributed by atoms with van der Waals surface area (Å²) in [5.74, 6) is -1.27. The molecule has 0 bridgehead atoms. The van der Waals surface area contributed by atoms with Gasteiger partial charge in [0.25, 0.3) is 0 Å². The third-order valence-electron chi connectivity index (χ3n) is 2.71. The predicted molar refractivity (Wildman–Crippen MR) is 60.1 cm³/mol. The molecule has 0 aromatic heterocycles. The largest absolute Gasteiger partial charge is 0.416 e. The van der Waals surface area contributed by atoms with Gasteiger partial charge in [0.2, 0.25) is 0 Å². The van der Waals surface area contributed by atoms with Crippen LogP contribution in [0.25, 0.3) is 0 Å². The summed E-state index contributed by atoms with van der Waals surface area (Å²) in [5.41, 5.74) is -3.64. The van der Waals surface area contributed by atoms with E-state index in [0.29, 0.717) is 18.2 Å². The van der Waals surface area contributed by atoms with Crippen LogP contribution in [0.3, 0.4) is 0 Å². The highest BCUT2D eigenvalue weighted by atomic mass is 19.4.